The molecular formula is C9H15NO2. The highest BCUT2D eigenvalue weighted by atomic mass is 16.6. The second-order valence-electron chi connectivity index (χ2n) is 2.43. The summed E-state index contributed by atoms with van der Waals surface area (Å²) in [5, 5.41) is 3.67. The number of ether oxygens (including phenoxy) is 1. The summed E-state index contributed by atoms with van der Waals surface area (Å²) in [6.07, 6.45) is 3.46. The van der Waals surface area contributed by atoms with Crippen molar-refractivity contribution in [1.29, 1.82) is 0 Å². The zero-order valence-electron chi connectivity index (χ0n) is 7.83. The average molecular weight is 169 g/mol. The molecule has 0 aromatic heterocycles. The minimum Gasteiger partial charge on any atom is -0.471 e. The first-order valence-corrected chi connectivity index (χ1v) is 3.70. The van der Waals surface area contributed by atoms with Crippen molar-refractivity contribution in [3.63, 3.8) is 0 Å². The molecular weight excluding hydrogens is 154 g/mol. The summed E-state index contributed by atoms with van der Waals surface area (Å²) >= 11 is 0. The van der Waals surface area contributed by atoms with Crippen molar-refractivity contribution in [1.82, 2.24) is 0 Å². The van der Waals surface area contributed by atoms with Crippen LogP contribution in [0.4, 0.5) is 0 Å². The predicted octanol–water partition coefficient (Wildman–Crippen LogP) is 2.12. The van der Waals surface area contributed by atoms with Gasteiger partial charge in [-0.2, -0.15) is 0 Å². The maximum atomic E-state index is 5.17. The van der Waals surface area contributed by atoms with Crippen LogP contribution < -0.4 is 0 Å². The average Bonchev–Trinajstić information content (AvgIpc) is 2.00. The molecule has 0 fully saturated rings. The van der Waals surface area contributed by atoms with Gasteiger partial charge >= 0.3 is 0 Å². The number of oxime groups is 1. The summed E-state index contributed by atoms with van der Waals surface area (Å²) in [4.78, 5) is 4.59. The Morgan fingerprint density at radius 2 is 2.17 bits per heavy atom. The third kappa shape index (κ3) is 5.53. The summed E-state index contributed by atoms with van der Waals surface area (Å²) in [6, 6.07) is 0. The van der Waals surface area contributed by atoms with Crippen molar-refractivity contribution in [2.75, 3.05) is 13.7 Å². The molecule has 0 saturated heterocycles. The first-order chi connectivity index (χ1) is 5.70. The lowest BCUT2D eigenvalue weighted by molar-refractivity contribution is 0.196. The molecule has 0 spiro atoms. The number of hydrogen-bond donors (Lipinski definition) is 0. The van der Waals surface area contributed by atoms with E-state index < -0.39 is 0 Å². The SMILES string of the molecule is C=CCO/C(C=C(C)C)=N\OC. The Labute approximate surface area is 73.4 Å². The molecule has 0 N–H and O–H groups in total. The van der Waals surface area contributed by atoms with Gasteiger partial charge in [-0.15, -0.1) is 0 Å². The lowest BCUT2D eigenvalue weighted by Gasteiger charge is -2.01. The molecule has 0 bridgehead atoms. The fourth-order valence-corrected chi connectivity index (χ4v) is 0.576. The molecule has 0 unspecified atom stereocenters. The van der Waals surface area contributed by atoms with Crippen molar-refractivity contribution in [2.24, 2.45) is 5.16 Å². The molecule has 0 saturated carbocycles. The molecule has 0 aliphatic carbocycles. The van der Waals surface area contributed by atoms with E-state index in [0.29, 0.717) is 12.5 Å². The Morgan fingerprint density at radius 1 is 1.50 bits per heavy atom. The maximum Gasteiger partial charge on any atom is 0.250 e. The van der Waals surface area contributed by atoms with E-state index in [-0.39, 0.29) is 0 Å². The molecule has 3 nitrogen and oxygen atoms in total. The van der Waals surface area contributed by atoms with Gasteiger partial charge in [-0.3, -0.25) is 0 Å². The number of rotatable bonds is 4. The predicted molar refractivity (Wildman–Crippen MR) is 50.0 cm³/mol. The van der Waals surface area contributed by atoms with E-state index >= 15 is 0 Å². The highest BCUT2D eigenvalue weighted by molar-refractivity contribution is 5.87. The first-order valence-electron chi connectivity index (χ1n) is 3.70. The Kier molecular flexibility index (Phi) is 5.79. The molecule has 0 aromatic carbocycles. The fourth-order valence-electron chi connectivity index (χ4n) is 0.576. The van der Waals surface area contributed by atoms with E-state index in [1.165, 1.54) is 7.11 Å². The minimum atomic E-state index is 0.436. The molecule has 0 aliphatic heterocycles. The third-order valence-corrected chi connectivity index (χ3v) is 0.942. The van der Waals surface area contributed by atoms with Gasteiger partial charge in [0.1, 0.15) is 13.7 Å². The highest BCUT2D eigenvalue weighted by Crippen LogP contribution is 1.94. The van der Waals surface area contributed by atoms with Gasteiger partial charge in [0.15, 0.2) is 0 Å². The molecule has 0 atom stereocenters. The van der Waals surface area contributed by atoms with Crippen LogP contribution in [0, 0.1) is 0 Å². The molecule has 3 heteroatoms. The largest absolute Gasteiger partial charge is 0.471 e. The Balaban J connectivity index is 4.14. The van der Waals surface area contributed by atoms with Crippen LogP contribution in [0.1, 0.15) is 13.8 Å². The van der Waals surface area contributed by atoms with Gasteiger partial charge in [0.25, 0.3) is 0 Å². The normalized spacial score (nSPS) is 10.4. The Morgan fingerprint density at radius 3 is 2.58 bits per heavy atom. The zero-order valence-corrected chi connectivity index (χ0v) is 7.83. The second kappa shape index (κ2) is 6.46. The van der Waals surface area contributed by atoms with Gasteiger partial charge < -0.3 is 9.57 Å². The van der Waals surface area contributed by atoms with Crippen LogP contribution in [0.3, 0.4) is 0 Å². The van der Waals surface area contributed by atoms with Gasteiger partial charge in [0.05, 0.1) is 0 Å². The summed E-state index contributed by atoms with van der Waals surface area (Å²) in [5.41, 5.74) is 1.11. The standard InChI is InChI=1S/C9H15NO2/c1-5-6-12-9(10-11-4)7-8(2)3/h5,7H,1,6H2,2-4H3/b10-9-. The number of allylic oxidation sites excluding steroid dienone is 1. The first kappa shape index (κ1) is 10.8. The summed E-state index contributed by atoms with van der Waals surface area (Å²) < 4.78 is 5.17. The fraction of sp³-hybridized carbons (Fsp3) is 0.444. The van der Waals surface area contributed by atoms with Crippen LogP contribution in [0.15, 0.2) is 29.5 Å². The lowest BCUT2D eigenvalue weighted by Crippen LogP contribution is -2.02. The molecule has 0 amide bonds. The van der Waals surface area contributed by atoms with E-state index in [0.717, 1.165) is 5.57 Å². The lowest BCUT2D eigenvalue weighted by atomic mass is 10.3. The van der Waals surface area contributed by atoms with Crippen molar-refractivity contribution in [3.8, 4) is 0 Å². The molecule has 0 radical (unpaired) electrons. The van der Waals surface area contributed by atoms with E-state index in [1.807, 2.05) is 13.8 Å². The van der Waals surface area contributed by atoms with Gasteiger partial charge in [0.2, 0.25) is 5.90 Å². The van der Waals surface area contributed by atoms with Crippen molar-refractivity contribution in [2.45, 2.75) is 13.8 Å². The van der Waals surface area contributed by atoms with Gasteiger partial charge in [-0.05, 0) is 19.0 Å². The topological polar surface area (TPSA) is 30.8 Å². The molecule has 68 valence electrons. The summed E-state index contributed by atoms with van der Waals surface area (Å²) in [7, 11) is 1.48. The van der Waals surface area contributed by atoms with Crippen LogP contribution in [0.2, 0.25) is 0 Å². The van der Waals surface area contributed by atoms with Gasteiger partial charge in [0, 0.05) is 6.08 Å². The molecule has 12 heavy (non-hydrogen) atoms. The van der Waals surface area contributed by atoms with Gasteiger partial charge in [-0.1, -0.05) is 18.2 Å². The number of nitrogens with zero attached hydrogens (tertiary/aromatic N) is 1. The Bertz CT molecular complexity index is 191. The minimum absolute atomic E-state index is 0.436. The second-order valence-corrected chi connectivity index (χ2v) is 2.43. The van der Waals surface area contributed by atoms with Crippen molar-refractivity contribution < 1.29 is 9.57 Å². The van der Waals surface area contributed by atoms with Crippen LogP contribution in [-0.2, 0) is 9.57 Å². The summed E-state index contributed by atoms with van der Waals surface area (Å²) in [5.74, 6) is 0.470. The molecule has 0 aliphatic rings. The quantitative estimate of drug-likeness (QED) is 0.279. The van der Waals surface area contributed by atoms with Crippen LogP contribution >= 0.6 is 0 Å². The number of hydrogen-bond acceptors (Lipinski definition) is 3. The van der Waals surface area contributed by atoms with E-state index in [4.69, 9.17) is 4.74 Å². The monoisotopic (exact) mass is 169 g/mol. The third-order valence-electron chi connectivity index (χ3n) is 0.942. The van der Waals surface area contributed by atoms with Crippen molar-refractivity contribution in [3.05, 3.63) is 24.3 Å². The molecule has 0 rings (SSSR count). The van der Waals surface area contributed by atoms with Crippen LogP contribution in [0.25, 0.3) is 0 Å². The summed E-state index contributed by atoms with van der Waals surface area (Å²) in [6.45, 7) is 7.89. The van der Waals surface area contributed by atoms with Crippen LogP contribution in [-0.4, -0.2) is 19.6 Å². The van der Waals surface area contributed by atoms with E-state index in [2.05, 4.69) is 16.6 Å². The molecule has 0 aromatic rings. The maximum absolute atomic E-state index is 5.17. The van der Waals surface area contributed by atoms with Crippen molar-refractivity contribution >= 4 is 5.90 Å². The smallest absolute Gasteiger partial charge is 0.250 e. The zero-order chi connectivity index (χ0) is 9.40. The molecule has 0 heterocycles. The van der Waals surface area contributed by atoms with E-state index in [1.54, 1.807) is 12.2 Å². The Hall–Kier alpha value is -1.25. The van der Waals surface area contributed by atoms with E-state index in [9.17, 15) is 0 Å². The van der Waals surface area contributed by atoms with Crippen LogP contribution in [0.5, 0.6) is 0 Å². The highest BCUT2D eigenvalue weighted by Gasteiger charge is 1.94. The van der Waals surface area contributed by atoms with Gasteiger partial charge in [-0.25, -0.2) is 0 Å².